The monoisotopic (exact) mass is 671 g/mol. The predicted molar refractivity (Wildman–Crippen MR) is 180 cm³/mol. The van der Waals surface area contributed by atoms with Crippen LogP contribution in [-0.4, -0.2) is 84.1 Å². The summed E-state index contributed by atoms with van der Waals surface area (Å²) >= 11 is 0. The molecule has 0 saturated carbocycles. The van der Waals surface area contributed by atoms with E-state index in [2.05, 4.69) is 15.0 Å². The van der Waals surface area contributed by atoms with Gasteiger partial charge in [-0.05, 0) is 55.3 Å². The Morgan fingerprint density at radius 3 is 2.17 bits per heavy atom. The fraction of sp³-hybridized carbons (Fsp3) is 0.361. The maximum atomic E-state index is 13.3. The average Bonchev–Trinajstić information content (AvgIpc) is 3.07. The molecular weight excluding hydrogens is 626 g/mol. The molecule has 0 aliphatic rings. The van der Waals surface area contributed by atoms with Crippen molar-refractivity contribution in [2.24, 2.45) is 0 Å². The number of rotatable bonds is 19. The van der Waals surface area contributed by atoms with E-state index < -0.39 is 18.0 Å². The van der Waals surface area contributed by atoms with Crippen molar-refractivity contribution in [3.05, 3.63) is 101 Å². The first-order valence-electron chi connectivity index (χ1n) is 15.0. The summed E-state index contributed by atoms with van der Waals surface area (Å²) in [7, 11) is 8.51. The van der Waals surface area contributed by atoms with Crippen LogP contribution < -0.4 is 70.9 Å². The minimum atomic E-state index is -0.834. The molecule has 0 fully saturated rings. The number of likely N-dealkylation sites (N-methyl/N-ethyl adjacent to an activating group) is 1. The van der Waals surface area contributed by atoms with Crippen molar-refractivity contribution in [3.8, 4) is 17.2 Å². The molecule has 0 aliphatic heterocycles. The van der Waals surface area contributed by atoms with E-state index >= 15 is 0 Å². The first-order chi connectivity index (χ1) is 22.4. The Kier molecular flexibility index (Phi) is 22.4. The number of ether oxygens (including phenoxy) is 4. The first kappa shape index (κ1) is 42.0. The van der Waals surface area contributed by atoms with E-state index in [4.69, 9.17) is 19.5 Å². The third kappa shape index (κ3) is 16.6. The Labute approximate surface area is 321 Å². The molecule has 47 heavy (non-hydrogen) atoms. The van der Waals surface area contributed by atoms with E-state index in [9.17, 15) is 14.4 Å². The van der Waals surface area contributed by atoms with Crippen LogP contribution in [0.3, 0.4) is 0 Å². The largest absolute Gasteiger partial charge is 1.00 e. The fourth-order valence-corrected chi connectivity index (χ4v) is 4.31. The maximum Gasteiger partial charge on any atom is 1.00 e. The Morgan fingerprint density at radius 1 is 0.894 bits per heavy atom. The second-order valence-corrected chi connectivity index (χ2v) is 10.4. The molecule has 3 aromatic rings. The van der Waals surface area contributed by atoms with Crippen LogP contribution in [0.25, 0.3) is 5.32 Å². The van der Waals surface area contributed by atoms with Crippen LogP contribution in [0.15, 0.2) is 84.9 Å². The molecule has 0 radical (unpaired) electrons. The van der Waals surface area contributed by atoms with Crippen LogP contribution in [-0.2, 0) is 32.1 Å². The number of carbonyl (C=O) groups is 3. The van der Waals surface area contributed by atoms with Crippen molar-refractivity contribution < 1.29 is 84.7 Å². The van der Waals surface area contributed by atoms with Gasteiger partial charge in [-0.2, -0.15) is 0 Å². The van der Waals surface area contributed by atoms with E-state index in [-0.39, 0.29) is 64.2 Å². The molecule has 10 nitrogen and oxygen atoms in total. The Hall–Kier alpha value is -3.03. The van der Waals surface area contributed by atoms with E-state index in [1.165, 1.54) is 5.56 Å². The smallest absolute Gasteiger partial charge is 0.671 e. The molecule has 248 valence electrons. The van der Waals surface area contributed by atoms with Gasteiger partial charge in [0.2, 0.25) is 5.91 Å². The second-order valence-electron chi connectivity index (χ2n) is 10.4. The number of aldehydes is 2. The first-order valence-corrected chi connectivity index (χ1v) is 15.0. The molecule has 0 aromatic heterocycles. The normalized spacial score (nSPS) is 11.7. The quantitative estimate of drug-likeness (QED) is 0.117. The Balaban J connectivity index is 0.00000265. The zero-order valence-corrected chi connectivity index (χ0v) is 31.5. The molecule has 0 heterocycles. The number of nitrogens with zero attached hydrogens (tertiary/aromatic N) is 2. The number of methoxy groups -OCH3 is 3. The van der Waals surface area contributed by atoms with Crippen molar-refractivity contribution in [1.29, 1.82) is 0 Å². The number of benzene rings is 3. The Morgan fingerprint density at radius 2 is 1.55 bits per heavy atom. The minimum Gasteiger partial charge on any atom is -0.671 e. The van der Waals surface area contributed by atoms with Crippen LogP contribution in [0.4, 0.5) is 5.69 Å². The molecule has 1 N–H and O–H groups in total. The molecule has 1 amide bonds. The summed E-state index contributed by atoms with van der Waals surface area (Å²) in [5.74, 6) is 1.48. The minimum absolute atomic E-state index is 0. The van der Waals surface area contributed by atoms with Gasteiger partial charge in [0.25, 0.3) is 0 Å². The summed E-state index contributed by atoms with van der Waals surface area (Å²) in [6.45, 7) is 1.81. The average molecular weight is 672 g/mol. The SMILES string of the molecule is COC.COc1ccc(CN(C)C/C=C\COc2cc(OC)ccc2[N-]C(Cc2ccccc2)C(=O)NC(C=O)CCC=O)cc1.[K+]. The predicted octanol–water partition coefficient (Wildman–Crippen LogP) is 2.32. The van der Waals surface area contributed by atoms with Crippen LogP contribution in [0, 0.1) is 0 Å². The van der Waals surface area contributed by atoms with Gasteiger partial charge in [0.15, 0.2) is 0 Å². The molecule has 0 spiro atoms. The fourth-order valence-electron chi connectivity index (χ4n) is 4.31. The van der Waals surface area contributed by atoms with E-state index in [1.807, 2.05) is 73.8 Å². The van der Waals surface area contributed by atoms with Gasteiger partial charge in [0, 0.05) is 39.8 Å². The van der Waals surface area contributed by atoms with Gasteiger partial charge in [-0.1, -0.05) is 66.4 Å². The summed E-state index contributed by atoms with van der Waals surface area (Å²) in [6, 6.07) is 21.1. The maximum absolute atomic E-state index is 13.3. The van der Waals surface area contributed by atoms with Crippen molar-refractivity contribution in [3.63, 3.8) is 0 Å². The van der Waals surface area contributed by atoms with Gasteiger partial charge < -0.3 is 39.2 Å². The van der Waals surface area contributed by atoms with Gasteiger partial charge in [-0.3, -0.25) is 9.69 Å². The van der Waals surface area contributed by atoms with E-state index in [0.717, 1.165) is 30.7 Å². The van der Waals surface area contributed by atoms with Crippen molar-refractivity contribution in [1.82, 2.24) is 10.2 Å². The molecule has 0 aliphatic carbocycles. The zero-order chi connectivity index (χ0) is 33.6. The number of hydrogen-bond donors (Lipinski definition) is 1. The molecule has 0 saturated heterocycles. The van der Waals surface area contributed by atoms with Gasteiger partial charge in [-0.15, -0.1) is 0 Å². The molecule has 3 aromatic carbocycles. The van der Waals surface area contributed by atoms with Crippen LogP contribution >= 0.6 is 0 Å². The van der Waals surface area contributed by atoms with Crippen LogP contribution in [0.5, 0.6) is 17.2 Å². The van der Waals surface area contributed by atoms with E-state index in [0.29, 0.717) is 36.5 Å². The third-order valence-electron chi connectivity index (χ3n) is 6.65. The molecule has 2 atom stereocenters. The Bertz CT molecular complexity index is 1340. The van der Waals surface area contributed by atoms with Crippen molar-refractivity contribution >= 4 is 24.2 Å². The van der Waals surface area contributed by atoms with Crippen molar-refractivity contribution in [2.45, 2.75) is 37.9 Å². The topological polar surface area (TPSA) is 118 Å². The molecule has 3 rings (SSSR count). The number of hydrogen-bond acceptors (Lipinski definition) is 8. The third-order valence-corrected chi connectivity index (χ3v) is 6.65. The molecule has 2 unspecified atom stereocenters. The number of carbonyl (C=O) groups excluding carboxylic acids is 3. The summed E-state index contributed by atoms with van der Waals surface area (Å²) < 4.78 is 20.9. The summed E-state index contributed by atoms with van der Waals surface area (Å²) in [4.78, 5) is 37.8. The standard InChI is InChI=1S/C34H40N3O6.C2H6O.K/c1-37(24-27-13-15-29(41-2)16-14-27)19-7-8-21-43-33-23-30(42-3)17-18-31(33)36-32(22-26-10-5-4-6-11-26)34(40)35-28(25-39)12-9-20-38;1-3-2;/h4-8,10-11,13-18,20,23,25,28,32H,9,12,19,21-22,24H2,1-3H3,(H,35,40);1-2H3;/q-1;;+1/b8-7-;;. The van der Waals surface area contributed by atoms with Crippen LogP contribution in [0.1, 0.15) is 24.0 Å². The zero-order valence-electron chi connectivity index (χ0n) is 28.4. The molecule has 0 bridgehead atoms. The van der Waals surface area contributed by atoms with Crippen molar-refractivity contribution in [2.75, 3.05) is 48.6 Å². The molecular formula is C36H46KN3O7. The molecule has 11 heteroatoms. The van der Waals surface area contributed by atoms with E-state index in [1.54, 1.807) is 46.6 Å². The van der Waals surface area contributed by atoms with Gasteiger partial charge in [0.1, 0.15) is 36.4 Å². The summed E-state index contributed by atoms with van der Waals surface area (Å²) in [6.07, 6.45) is 6.06. The number of amides is 1. The van der Waals surface area contributed by atoms with Gasteiger partial charge in [0.05, 0.1) is 20.3 Å². The summed E-state index contributed by atoms with van der Waals surface area (Å²) in [5, 5.41) is 7.49. The second kappa shape index (κ2) is 25.0. The van der Waals surface area contributed by atoms with Gasteiger partial charge in [-0.25, -0.2) is 0 Å². The summed E-state index contributed by atoms with van der Waals surface area (Å²) in [5.41, 5.74) is 2.59. The van der Waals surface area contributed by atoms with Gasteiger partial charge >= 0.3 is 51.4 Å². The van der Waals surface area contributed by atoms with Crippen LogP contribution in [0.2, 0.25) is 0 Å². The number of nitrogens with one attached hydrogen (secondary N) is 1.